The molecule has 0 atom stereocenters. The number of aromatic amines is 1. The number of aryl methyl sites for hydroxylation is 1. The second kappa shape index (κ2) is 3.46. The van der Waals surface area contributed by atoms with Gasteiger partial charge >= 0.3 is 0 Å². The quantitative estimate of drug-likeness (QED) is 0.822. The van der Waals surface area contributed by atoms with Gasteiger partial charge in [-0.1, -0.05) is 29.8 Å². The molecule has 0 radical (unpaired) electrons. The zero-order valence-electron chi connectivity index (χ0n) is 8.46. The van der Waals surface area contributed by atoms with Crippen LogP contribution in [0.5, 0.6) is 0 Å². The largest absolute Gasteiger partial charge is 0.294 e. The van der Waals surface area contributed by atoms with Gasteiger partial charge in [-0.25, -0.2) is 0 Å². The highest BCUT2D eigenvalue weighted by Gasteiger charge is 2.27. The van der Waals surface area contributed by atoms with Gasteiger partial charge in [0.1, 0.15) is 5.69 Å². The molecule has 2 aromatic rings. The van der Waals surface area contributed by atoms with Crippen LogP contribution in [0.3, 0.4) is 0 Å². The third-order valence-corrected chi connectivity index (χ3v) is 3.18. The van der Waals surface area contributed by atoms with E-state index in [4.69, 9.17) is 11.6 Å². The molecule has 1 aliphatic rings. The SMILES string of the molecule is O=C1CCc2[nH]nc(-c3ccccc3Cl)c21. The predicted molar refractivity (Wildman–Crippen MR) is 61.7 cm³/mol. The molecule has 1 N–H and O–H groups in total. The Bertz CT molecular complexity index is 574. The smallest absolute Gasteiger partial charge is 0.167 e. The summed E-state index contributed by atoms with van der Waals surface area (Å²) in [5, 5.41) is 7.72. The number of rotatable bonds is 1. The molecule has 4 heteroatoms. The second-order valence-electron chi connectivity index (χ2n) is 3.83. The molecule has 3 nitrogen and oxygen atoms in total. The number of benzene rings is 1. The van der Waals surface area contributed by atoms with Crippen LogP contribution in [0.1, 0.15) is 22.5 Å². The molecule has 0 saturated heterocycles. The summed E-state index contributed by atoms with van der Waals surface area (Å²) in [7, 11) is 0. The molecular weight excluding hydrogens is 224 g/mol. The fourth-order valence-corrected chi connectivity index (χ4v) is 2.30. The summed E-state index contributed by atoms with van der Waals surface area (Å²) in [5.41, 5.74) is 3.15. The van der Waals surface area contributed by atoms with Crippen molar-refractivity contribution >= 4 is 17.4 Å². The number of carbonyl (C=O) groups is 1. The average Bonchev–Trinajstić information content (AvgIpc) is 2.83. The number of nitrogens with zero attached hydrogens (tertiary/aromatic N) is 1. The first-order valence-electron chi connectivity index (χ1n) is 5.12. The Morgan fingerprint density at radius 1 is 1.25 bits per heavy atom. The Hall–Kier alpha value is -1.61. The minimum atomic E-state index is 0.152. The lowest BCUT2D eigenvalue weighted by molar-refractivity contribution is 0.0995. The fourth-order valence-electron chi connectivity index (χ4n) is 2.07. The van der Waals surface area contributed by atoms with Crippen molar-refractivity contribution in [3.05, 3.63) is 40.5 Å². The number of hydrogen-bond acceptors (Lipinski definition) is 2. The number of Topliss-reactive ketones (excluding diaryl/α,β-unsaturated/α-hetero) is 1. The number of carbonyl (C=O) groups excluding carboxylic acids is 1. The molecule has 0 fully saturated rings. The van der Waals surface area contributed by atoms with Crippen molar-refractivity contribution in [1.82, 2.24) is 10.2 Å². The molecule has 1 heterocycles. The van der Waals surface area contributed by atoms with E-state index in [1.807, 2.05) is 18.2 Å². The Morgan fingerprint density at radius 3 is 2.88 bits per heavy atom. The molecule has 0 amide bonds. The lowest BCUT2D eigenvalue weighted by Crippen LogP contribution is -1.94. The van der Waals surface area contributed by atoms with Crippen LogP contribution in [0.4, 0.5) is 0 Å². The maximum atomic E-state index is 11.7. The van der Waals surface area contributed by atoms with Crippen LogP contribution in [0.15, 0.2) is 24.3 Å². The van der Waals surface area contributed by atoms with Gasteiger partial charge in [0.25, 0.3) is 0 Å². The van der Waals surface area contributed by atoms with Gasteiger partial charge in [0.05, 0.1) is 10.6 Å². The average molecular weight is 233 g/mol. The van der Waals surface area contributed by atoms with Crippen molar-refractivity contribution in [1.29, 1.82) is 0 Å². The third kappa shape index (κ3) is 1.28. The maximum Gasteiger partial charge on any atom is 0.167 e. The molecule has 1 aromatic heterocycles. The second-order valence-corrected chi connectivity index (χ2v) is 4.24. The molecule has 0 aliphatic heterocycles. The summed E-state index contributed by atoms with van der Waals surface area (Å²) in [6.07, 6.45) is 1.33. The summed E-state index contributed by atoms with van der Waals surface area (Å²) in [6.45, 7) is 0. The number of halogens is 1. The van der Waals surface area contributed by atoms with Gasteiger partial charge in [-0.3, -0.25) is 9.89 Å². The van der Waals surface area contributed by atoms with E-state index in [1.165, 1.54) is 0 Å². The van der Waals surface area contributed by atoms with Gasteiger partial charge in [0.15, 0.2) is 5.78 Å². The number of aromatic nitrogens is 2. The van der Waals surface area contributed by atoms with Crippen LogP contribution in [0.25, 0.3) is 11.3 Å². The molecule has 16 heavy (non-hydrogen) atoms. The predicted octanol–water partition coefficient (Wildman–Crippen LogP) is 2.86. The highest BCUT2D eigenvalue weighted by Crippen LogP contribution is 2.33. The lowest BCUT2D eigenvalue weighted by atomic mass is 10.1. The first-order valence-corrected chi connectivity index (χ1v) is 5.50. The number of hydrogen-bond donors (Lipinski definition) is 1. The van der Waals surface area contributed by atoms with Crippen molar-refractivity contribution in [2.24, 2.45) is 0 Å². The van der Waals surface area contributed by atoms with Crippen molar-refractivity contribution in [2.45, 2.75) is 12.8 Å². The van der Waals surface area contributed by atoms with Crippen LogP contribution >= 0.6 is 11.6 Å². The number of fused-ring (bicyclic) bond motifs is 1. The van der Waals surface area contributed by atoms with E-state index < -0.39 is 0 Å². The van der Waals surface area contributed by atoms with Gasteiger partial charge in [-0.05, 0) is 12.5 Å². The number of ketones is 1. The van der Waals surface area contributed by atoms with Gasteiger partial charge in [0.2, 0.25) is 0 Å². The Balaban J connectivity index is 2.22. The van der Waals surface area contributed by atoms with Gasteiger partial charge in [0, 0.05) is 17.7 Å². The third-order valence-electron chi connectivity index (χ3n) is 2.85. The Labute approximate surface area is 97.4 Å². The van der Waals surface area contributed by atoms with E-state index in [0.29, 0.717) is 22.7 Å². The molecule has 1 aromatic carbocycles. The standard InChI is InChI=1S/C12H9ClN2O/c13-8-4-2-1-3-7(8)12-11-9(14-15-12)5-6-10(11)16/h1-4H,5-6H2,(H,14,15). The van der Waals surface area contributed by atoms with Crippen molar-refractivity contribution in [3.63, 3.8) is 0 Å². The molecule has 0 spiro atoms. The molecule has 80 valence electrons. The van der Waals surface area contributed by atoms with E-state index in [9.17, 15) is 4.79 Å². The highest BCUT2D eigenvalue weighted by molar-refractivity contribution is 6.33. The van der Waals surface area contributed by atoms with E-state index in [1.54, 1.807) is 6.07 Å². The van der Waals surface area contributed by atoms with Gasteiger partial charge < -0.3 is 0 Å². The molecule has 0 saturated carbocycles. The summed E-state index contributed by atoms with van der Waals surface area (Å²) in [6, 6.07) is 7.43. The topological polar surface area (TPSA) is 45.8 Å². The van der Waals surface area contributed by atoms with Crippen molar-refractivity contribution in [2.75, 3.05) is 0 Å². The van der Waals surface area contributed by atoms with E-state index in [2.05, 4.69) is 10.2 Å². The van der Waals surface area contributed by atoms with Crippen LogP contribution in [0, 0.1) is 0 Å². The fraction of sp³-hybridized carbons (Fsp3) is 0.167. The molecule has 1 aliphatic carbocycles. The van der Waals surface area contributed by atoms with Crippen molar-refractivity contribution < 1.29 is 4.79 Å². The minimum Gasteiger partial charge on any atom is -0.294 e. The lowest BCUT2D eigenvalue weighted by Gasteiger charge is -2.01. The zero-order chi connectivity index (χ0) is 11.1. The minimum absolute atomic E-state index is 0.152. The van der Waals surface area contributed by atoms with Crippen molar-refractivity contribution in [3.8, 4) is 11.3 Å². The molecule has 0 bridgehead atoms. The normalized spacial score (nSPS) is 14.2. The van der Waals surface area contributed by atoms with Crippen LogP contribution in [-0.4, -0.2) is 16.0 Å². The Morgan fingerprint density at radius 2 is 2.06 bits per heavy atom. The first-order chi connectivity index (χ1) is 7.77. The number of H-pyrrole nitrogens is 1. The molecular formula is C12H9ClN2O. The highest BCUT2D eigenvalue weighted by atomic mass is 35.5. The molecule has 0 unspecified atom stereocenters. The first kappa shape index (κ1) is 9.60. The molecule has 3 rings (SSSR count). The van der Waals surface area contributed by atoms with E-state index >= 15 is 0 Å². The maximum absolute atomic E-state index is 11.7. The summed E-state index contributed by atoms with van der Waals surface area (Å²) in [4.78, 5) is 11.7. The van der Waals surface area contributed by atoms with Crippen LogP contribution in [0.2, 0.25) is 5.02 Å². The van der Waals surface area contributed by atoms with Crippen LogP contribution < -0.4 is 0 Å². The van der Waals surface area contributed by atoms with E-state index in [0.717, 1.165) is 17.7 Å². The van der Waals surface area contributed by atoms with Gasteiger partial charge in [-0.2, -0.15) is 5.10 Å². The summed E-state index contributed by atoms with van der Waals surface area (Å²) < 4.78 is 0. The monoisotopic (exact) mass is 232 g/mol. The number of nitrogens with one attached hydrogen (secondary N) is 1. The summed E-state index contributed by atoms with van der Waals surface area (Å²) in [5.74, 6) is 0.152. The Kier molecular flexibility index (Phi) is 2.07. The van der Waals surface area contributed by atoms with Gasteiger partial charge in [-0.15, -0.1) is 0 Å². The summed E-state index contributed by atoms with van der Waals surface area (Å²) >= 11 is 6.10. The van der Waals surface area contributed by atoms with E-state index in [-0.39, 0.29) is 5.78 Å². The zero-order valence-corrected chi connectivity index (χ0v) is 9.21. The van der Waals surface area contributed by atoms with Crippen LogP contribution in [-0.2, 0) is 6.42 Å².